The van der Waals surface area contributed by atoms with E-state index >= 15 is 0 Å². The quantitative estimate of drug-likeness (QED) is 0.550. The number of aromatic nitrogens is 5. The highest BCUT2D eigenvalue weighted by Crippen LogP contribution is 2.16. The second-order valence-corrected chi connectivity index (χ2v) is 6.78. The topological polar surface area (TPSA) is 80.9 Å². The van der Waals surface area contributed by atoms with Gasteiger partial charge in [-0.2, -0.15) is 10.2 Å². The fourth-order valence-corrected chi connectivity index (χ4v) is 2.93. The average molecular weight is 387 g/mol. The van der Waals surface area contributed by atoms with Gasteiger partial charge in [-0.05, 0) is 42.0 Å². The number of benzene rings is 2. The Morgan fingerprint density at radius 2 is 1.76 bits per heavy atom. The Kier molecular flexibility index (Phi) is 5.07. The summed E-state index contributed by atoms with van der Waals surface area (Å²) >= 11 is 0. The smallest absolute Gasteiger partial charge is 0.256 e. The maximum atomic E-state index is 12.6. The van der Waals surface area contributed by atoms with E-state index < -0.39 is 0 Å². The van der Waals surface area contributed by atoms with Crippen molar-refractivity contribution in [2.24, 2.45) is 0 Å². The van der Waals surface area contributed by atoms with Crippen molar-refractivity contribution in [2.75, 3.05) is 24.3 Å². The molecule has 1 amide bonds. The van der Waals surface area contributed by atoms with Gasteiger partial charge in [0.2, 0.25) is 0 Å². The summed E-state index contributed by atoms with van der Waals surface area (Å²) < 4.78 is 3.41. The first-order chi connectivity index (χ1) is 14.1. The van der Waals surface area contributed by atoms with Crippen LogP contribution in [0.4, 0.5) is 11.5 Å². The predicted molar refractivity (Wildman–Crippen MR) is 111 cm³/mol. The first-order valence-electron chi connectivity index (χ1n) is 9.14. The van der Waals surface area contributed by atoms with Crippen LogP contribution in [0.5, 0.6) is 0 Å². The Morgan fingerprint density at radius 3 is 2.41 bits per heavy atom. The average Bonchev–Trinajstić information content (AvgIpc) is 3.41. The lowest BCUT2D eigenvalue weighted by molar-refractivity contribution is 0.102. The normalized spacial score (nSPS) is 10.7. The predicted octanol–water partition coefficient (Wildman–Crippen LogP) is 2.83. The number of nitrogens with zero attached hydrogens (tertiary/aromatic N) is 6. The van der Waals surface area contributed by atoms with E-state index in [2.05, 4.69) is 49.7 Å². The molecule has 0 aliphatic carbocycles. The molecule has 4 aromatic rings. The van der Waals surface area contributed by atoms with E-state index in [1.165, 1.54) is 6.33 Å². The monoisotopic (exact) mass is 387 g/mol. The van der Waals surface area contributed by atoms with Crippen LogP contribution in [0.15, 0.2) is 73.4 Å². The van der Waals surface area contributed by atoms with Gasteiger partial charge in [-0.3, -0.25) is 4.79 Å². The van der Waals surface area contributed by atoms with Gasteiger partial charge < -0.3 is 10.2 Å². The summed E-state index contributed by atoms with van der Waals surface area (Å²) in [7, 11) is 4.02. The first kappa shape index (κ1) is 18.4. The van der Waals surface area contributed by atoms with Crippen LogP contribution in [0.1, 0.15) is 15.9 Å². The Labute approximate surface area is 168 Å². The van der Waals surface area contributed by atoms with Gasteiger partial charge in [0.25, 0.3) is 5.91 Å². The molecule has 8 nitrogen and oxygen atoms in total. The van der Waals surface area contributed by atoms with E-state index in [1.54, 1.807) is 40.1 Å². The van der Waals surface area contributed by atoms with Crippen LogP contribution >= 0.6 is 0 Å². The van der Waals surface area contributed by atoms with Gasteiger partial charge in [-0.15, -0.1) is 0 Å². The summed E-state index contributed by atoms with van der Waals surface area (Å²) in [6.07, 6.45) is 4.76. The number of rotatable bonds is 6. The molecule has 8 heteroatoms. The van der Waals surface area contributed by atoms with Crippen molar-refractivity contribution in [2.45, 2.75) is 6.54 Å². The standard InChI is InChI=1S/C21H21N7O/c1-26(2)18-7-3-16(4-8-18)13-27-20(11-12-23-27)25-21(29)17-5-9-19(10-6-17)28-15-22-14-24-28/h3-12,14-15H,13H2,1-2H3,(H,25,29). The van der Waals surface area contributed by atoms with Crippen LogP contribution in [0, 0.1) is 0 Å². The fourth-order valence-electron chi connectivity index (χ4n) is 2.93. The number of anilines is 2. The van der Waals surface area contributed by atoms with Gasteiger partial charge in [-0.1, -0.05) is 12.1 Å². The molecule has 2 heterocycles. The summed E-state index contributed by atoms with van der Waals surface area (Å²) in [6, 6.07) is 17.2. The number of amides is 1. The molecule has 0 atom stereocenters. The molecular weight excluding hydrogens is 366 g/mol. The number of carbonyl (C=O) groups is 1. The van der Waals surface area contributed by atoms with Gasteiger partial charge in [0.15, 0.2) is 0 Å². The van der Waals surface area contributed by atoms with Crippen LogP contribution in [-0.2, 0) is 6.54 Å². The van der Waals surface area contributed by atoms with Crippen molar-refractivity contribution >= 4 is 17.4 Å². The lowest BCUT2D eigenvalue weighted by atomic mass is 10.2. The molecule has 0 fully saturated rings. The molecule has 2 aromatic carbocycles. The van der Waals surface area contributed by atoms with Crippen molar-refractivity contribution in [1.82, 2.24) is 24.5 Å². The number of nitrogens with one attached hydrogen (secondary N) is 1. The number of carbonyl (C=O) groups excluding carboxylic acids is 1. The van der Waals surface area contributed by atoms with Gasteiger partial charge in [0, 0.05) is 31.4 Å². The van der Waals surface area contributed by atoms with Gasteiger partial charge in [0.1, 0.15) is 18.5 Å². The zero-order valence-electron chi connectivity index (χ0n) is 16.2. The molecule has 0 bridgehead atoms. The third kappa shape index (κ3) is 4.16. The summed E-state index contributed by atoms with van der Waals surface area (Å²) in [4.78, 5) is 18.6. The Balaban J connectivity index is 1.45. The molecule has 0 radical (unpaired) electrons. The molecule has 0 unspecified atom stereocenters. The van der Waals surface area contributed by atoms with Crippen LogP contribution in [0.25, 0.3) is 5.69 Å². The van der Waals surface area contributed by atoms with E-state index in [0.717, 1.165) is 16.9 Å². The molecule has 0 saturated carbocycles. The number of hydrogen-bond donors (Lipinski definition) is 1. The minimum absolute atomic E-state index is 0.195. The molecule has 2 aromatic heterocycles. The highest BCUT2D eigenvalue weighted by atomic mass is 16.1. The summed E-state index contributed by atoms with van der Waals surface area (Å²) in [5.41, 5.74) is 3.63. The maximum Gasteiger partial charge on any atom is 0.256 e. The third-order valence-corrected chi connectivity index (χ3v) is 4.56. The van der Waals surface area contributed by atoms with E-state index in [0.29, 0.717) is 17.9 Å². The molecule has 0 saturated heterocycles. The zero-order chi connectivity index (χ0) is 20.2. The van der Waals surface area contributed by atoms with Gasteiger partial charge >= 0.3 is 0 Å². The van der Waals surface area contributed by atoms with E-state index in [9.17, 15) is 4.79 Å². The summed E-state index contributed by atoms with van der Waals surface area (Å²) in [5, 5.41) is 11.3. The molecule has 0 spiro atoms. The molecule has 0 aliphatic rings. The fraction of sp³-hybridized carbons (Fsp3) is 0.143. The van der Waals surface area contributed by atoms with Crippen molar-refractivity contribution in [3.63, 3.8) is 0 Å². The first-order valence-corrected chi connectivity index (χ1v) is 9.14. The van der Waals surface area contributed by atoms with Gasteiger partial charge in [0.05, 0.1) is 18.4 Å². The minimum Gasteiger partial charge on any atom is -0.378 e. The third-order valence-electron chi connectivity index (χ3n) is 4.56. The second kappa shape index (κ2) is 7.97. The molecule has 146 valence electrons. The maximum absolute atomic E-state index is 12.6. The Morgan fingerprint density at radius 1 is 1.00 bits per heavy atom. The molecule has 1 N–H and O–H groups in total. The van der Waals surface area contributed by atoms with Crippen molar-refractivity contribution in [1.29, 1.82) is 0 Å². The van der Waals surface area contributed by atoms with Crippen molar-refractivity contribution < 1.29 is 4.79 Å². The van der Waals surface area contributed by atoms with Crippen molar-refractivity contribution in [3.8, 4) is 5.69 Å². The number of hydrogen-bond acceptors (Lipinski definition) is 5. The summed E-state index contributed by atoms with van der Waals surface area (Å²) in [5.74, 6) is 0.451. The molecule has 29 heavy (non-hydrogen) atoms. The molecule has 4 rings (SSSR count). The lowest BCUT2D eigenvalue weighted by Gasteiger charge is -2.13. The van der Waals surface area contributed by atoms with E-state index in [4.69, 9.17) is 0 Å². The Hall–Kier alpha value is -3.94. The highest BCUT2D eigenvalue weighted by Gasteiger charge is 2.11. The summed E-state index contributed by atoms with van der Waals surface area (Å²) in [6.45, 7) is 0.571. The molecule has 0 aliphatic heterocycles. The van der Waals surface area contributed by atoms with E-state index in [-0.39, 0.29) is 5.91 Å². The highest BCUT2D eigenvalue weighted by molar-refractivity contribution is 6.03. The minimum atomic E-state index is -0.195. The second-order valence-electron chi connectivity index (χ2n) is 6.78. The zero-order valence-corrected chi connectivity index (χ0v) is 16.2. The van der Waals surface area contributed by atoms with Crippen LogP contribution in [-0.4, -0.2) is 44.5 Å². The van der Waals surface area contributed by atoms with Crippen molar-refractivity contribution in [3.05, 3.63) is 84.6 Å². The largest absolute Gasteiger partial charge is 0.378 e. The van der Waals surface area contributed by atoms with Crippen LogP contribution < -0.4 is 10.2 Å². The molecular formula is C21H21N7O. The van der Waals surface area contributed by atoms with Gasteiger partial charge in [-0.25, -0.2) is 14.3 Å². The SMILES string of the molecule is CN(C)c1ccc(Cn2nccc2NC(=O)c2ccc(-n3cncn3)cc2)cc1. The lowest BCUT2D eigenvalue weighted by Crippen LogP contribution is -2.16. The van der Waals surface area contributed by atoms with Crippen LogP contribution in [0.3, 0.4) is 0 Å². The Bertz CT molecular complexity index is 1080. The van der Waals surface area contributed by atoms with Crippen LogP contribution in [0.2, 0.25) is 0 Å². The van der Waals surface area contributed by atoms with E-state index in [1.807, 2.05) is 26.2 Å².